The fourth-order valence-electron chi connectivity index (χ4n) is 1.51. The minimum Gasteiger partial charge on any atom is -0.382 e. The van der Waals surface area contributed by atoms with Crippen molar-refractivity contribution in [3.05, 3.63) is 45.1 Å². The van der Waals surface area contributed by atoms with E-state index in [1.54, 1.807) is 23.5 Å². The molecule has 0 unspecified atom stereocenters. The lowest BCUT2D eigenvalue weighted by Gasteiger charge is -2.07. The Labute approximate surface area is 108 Å². The van der Waals surface area contributed by atoms with Crippen LogP contribution in [-0.4, -0.2) is 11.5 Å². The third-order valence-electron chi connectivity index (χ3n) is 2.44. The molecular weight excluding hydrogens is 259 g/mol. The van der Waals surface area contributed by atoms with E-state index < -0.39 is 0 Å². The summed E-state index contributed by atoms with van der Waals surface area (Å²) in [6, 6.07) is 4.63. The predicted molar refractivity (Wildman–Crippen MR) is 70.5 cm³/mol. The van der Waals surface area contributed by atoms with Gasteiger partial charge in [-0.25, -0.2) is 9.37 Å². The molecule has 0 aliphatic heterocycles. The van der Waals surface area contributed by atoms with Crippen LogP contribution in [0, 0.1) is 12.7 Å². The SMILES string of the molecule is Cc1ncsc1CCNc1ccc(Cl)cc1F. The van der Waals surface area contributed by atoms with Gasteiger partial charge in [-0.3, -0.25) is 0 Å². The van der Waals surface area contributed by atoms with Gasteiger partial charge in [0, 0.05) is 22.9 Å². The molecule has 1 aromatic carbocycles. The summed E-state index contributed by atoms with van der Waals surface area (Å²) in [4.78, 5) is 5.40. The summed E-state index contributed by atoms with van der Waals surface area (Å²) in [5.41, 5.74) is 3.36. The molecule has 2 rings (SSSR count). The van der Waals surface area contributed by atoms with Crippen molar-refractivity contribution in [3.8, 4) is 0 Å². The zero-order valence-electron chi connectivity index (χ0n) is 9.34. The van der Waals surface area contributed by atoms with Crippen LogP contribution >= 0.6 is 22.9 Å². The third-order valence-corrected chi connectivity index (χ3v) is 3.67. The maximum Gasteiger partial charge on any atom is 0.147 e. The molecule has 17 heavy (non-hydrogen) atoms. The number of aryl methyl sites for hydroxylation is 1. The molecule has 0 aliphatic rings. The number of rotatable bonds is 4. The van der Waals surface area contributed by atoms with Crippen LogP contribution in [0.15, 0.2) is 23.7 Å². The number of thiazole rings is 1. The lowest BCUT2D eigenvalue weighted by Crippen LogP contribution is -2.06. The molecule has 0 saturated heterocycles. The summed E-state index contributed by atoms with van der Waals surface area (Å²) >= 11 is 7.30. The first kappa shape index (κ1) is 12.3. The van der Waals surface area contributed by atoms with Crippen molar-refractivity contribution in [1.29, 1.82) is 0 Å². The van der Waals surface area contributed by atoms with Crippen LogP contribution in [0.5, 0.6) is 0 Å². The molecule has 0 atom stereocenters. The molecular formula is C12H12ClFN2S. The highest BCUT2D eigenvalue weighted by Gasteiger charge is 2.04. The zero-order valence-corrected chi connectivity index (χ0v) is 10.9. The molecule has 1 heterocycles. The van der Waals surface area contributed by atoms with E-state index in [1.807, 2.05) is 12.4 Å². The molecule has 5 heteroatoms. The second-order valence-corrected chi connectivity index (χ2v) is 5.04. The van der Waals surface area contributed by atoms with Crippen molar-refractivity contribution in [2.45, 2.75) is 13.3 Å². The van der Waals surface area contributed by atoms with Crippen LogP contribution < -0.4 is 5.32 Å². The van der Waals surface area contributed by atoms with Gasteiger partial charge in [-0.05, 0) is 25.1 Å². The van der Waals surface area contributed by atoms with Crippen molar-refractivity contribution in [2.75, 3.05) is 11.9 Å². The Morgan fingerprint density at radius 1 is 1.47 bits per heavy atom. The van der Waals surface area contributed by atoms with E-state index in [2.05, 4.69) is 10.3 Å². The highest BCUT2D eigenvalue weighted by molar-refractivity contribution is 7.09. The first-order chi connectivity index (χ1) is 8.16. The topological polar surface area (TPSA) is 24.9 Å². The van der Waals surface area contributed by atoms with Gasteiger partial charge in [0.2, 0.25) is 0 Å². The van der Waals surface area contributed by atoms with Gasteiger partial charge in [-0.1, -0.05) is 11.6 Å². The lowest BCUT2D eigenvalue weighted by atomic mass is 10.2. The molecule has 0 radical (unpaired) electrons. The lowest BCUT2D eigenvalue weighted by molar-refractivity contribution is 0.630. The minimum atomic E-state index is -0.321. The Bertz CT molecular complexity index is 513. The van der Waals surface area contributed by atoms with E-state index in [0.29, 0.717) is 17.3 Å². The maximum atomic E-state index is 13.4. The van der Waals surface area contributed by atoms with E-state index in [9.17, 15) is 4.39 Å². The fourth-order valence-corrected chi connectivity index (χ4v) is 2.45. The maximum absolute atomic E-state index is 13.4. The Kier molecular flexibility index (Phi) is 3.97. The Morgan fingerprint density at radius 3 is 2.94 bits per heavy atom. The number of aromatic nitrogens is 1. The van der Waals surface area contributed by atoms with Gasteiger partial charge < -0.3 is 5.32 Å². The standard InChI is InChI=1S/C12H12ClFN2S/c1-8-12(17-7-16-8)4-5-15-11-3-2-9(13)6-10(11)14/h2-3,6-7,15H,4-5H2,1H3. The summed E-state index contributed by atoms with van der Waals surface area (Å²) in [6.45, 7) is 2.66. The molecule has 0 spiro atoms. The summed E-state index contributed by atoms with van der Waals surface area (Å²) in [6.07, 6.45) is 0.846. The molecule has 2 aromatic rings. The smallest absolute Gasteiger partial charge is 0.147 e. The van der Waals surface area contributed by atoms with Crippen LogP contribution in [0.1, 0.15) is 10.6 Å². The van der Waals surface area contributed by atoms with Crippen molar-refractivity contribution < 1.29 is 4.39 Å². The fraction of sp³-hybridized carbons (Fsp3) is 0.250. The first-order valence-electron chi connectivity index (χ1n) is 5.24. The molecule has 90 valence electrons. The molecule has 0 amide bonds. The highest BCUT2D eigenvalue weighted by atomic mass is 35.5. The predicted octanol–water partition coefficient (Wildman–Crippen LogP) is 3.90. The summed E-state index contributed by atoms with van der Waals surface area (Å²) < 4.78 is 13.4. The van der Waals surface area contributed by atoms with E-state index in [0.717, 1.165) is 12.1 Å². The van der Waals surface area contributed by atoms with E-state index >= 15 is 0 Å². The van der Waals surface area contributed by atoms with E-state index in [1.165, 1.54) is 10.9 Å². The number of nitrogens with zero attached hydrogens (tertiary/aromatic N) is 1. The van der Waals surface area contributed by atoms with Crippen LogP contribution in [0.3, 0.4) is 0 Å². The van der Waals surface area contributed by atoms with Crippen LogP contribution in [0.2, 0.25) is 5.02 Å². The zero-order chi connectivity index (χ0) is 12.3. The second kappa shape index (κ2) is 5.47. The average Bonchev–Trinajstić information content (AvgIpc) is 2.68. The van der Waals surface area contributed by atoms with Gasteiger partial charge in [-0.2, -0.15) is 0 Å². The normalized spacial score (nSPS) is 10.5. The molecule has 2 nitrogen and oxygen atoms in total. The quantitative estimate of drug-likeness (QED) is 0.911. The Hall–Kier alpha value is -1.13. The highest BCUT2D eigenvalue weighted by Crippen LogP contribution is 2.19. The molecule has 0 bridgehead atoms. The van der Waals surface area contributed by atoms with Crippen molar-refractivity contribution in [1.82, 2.24) is 4.98 Å². The van der Waals surface area contributed by atoms with Gasteiger partial charge in [0.15, 0.2) is 0 Å². The minimum absolute atomic E-state index is 0.321. The summed E-state index contributed by atoms with van der Waals surface area (Å²) in [5.74, 6) is -0.321. The first-order valence-corrected chi connectivity index (χ1v) is 6.50. The second-order valence-electron chi connectivity index (χ2n) is 3.66. The average molecular weight is 271 g/mol. The van der Waals surface area contributed by atoms with Crippen LogP contribution in [0.25, 0.3) is 0 Å². The van der Waals surface area contributed by atoms with Gasteiger partial charge >= 0.3 is 0 Å². The molecule has 1 aromatic heterocycles. The van der Waals surface area contributed by atoms with Crippen molar-refractivity contribution in [2.24, 2.45) is 0 Å². The number of anilines is 1. The molecule has 0 aliphatic carbocycles. The Morgan fingerprint density at radius 2 is 2.29 bits per heavy atom. The number of hydrogen-bond acceptors (Lipinski definition) is 3. The summed E-state index contributed by atoms with van der Waals surface area (Å²) in [7, 11) is 0. The van der Waals surface area contributed by atoms with E-state index in [4.69, 9.17) is 11.6 Å². The van der Waals surface area contributed by atoms with Crippen LogP contribution in [-0.2, 0) is 6.42 Å². The molecule has 1 N–H and O–H groups in total. The van der Waals surface area contributed by atoms with E-state index in [-0.39, 0.29) is 5.82 Å². The number of hydrogen-bond donors (Lipinski definition) is 1. The third kappa shape index (κ3) is 3.17. The van der Waals surface area contributed by atoms with Crippen molar-refractivity contribution >= 4 is 28.6 Å². The van der Waals surface area contributed by atoms with Gasteiger partial charge in [-0.15, -0.1) is 11.3 Å². The molecule has 0 fully saturated rings. The monoisotopic (exact) mass is 270 g/mol. The van der Waals surface area contributed by atoms with Crippen molar-refractivity contribution in [3.63, 3.8) is 0 Å². The van der Waals surface area contributed by atoms with Gasteiger partial charge in [0.05, 0.1) is 16.9 Å². The number of benzene rings is 1. The largest absolute Gasteiger partial charge is 0.382 e. The summed E-state index contributed by atoms with van der Waals surface area (Å²) in [5, 5.41) is 3.46. The van der Waals surface area contributed by atoms with Crippen LogP contribution in [0.4, 0.5) is 10.1 Å². The number of nitrogens with one attached hydrogen (secondary N) is 1. The number of halogens is 2. The molecule has 0 saturated carbocycles. The Balaban J connectivity index is 1.92. The van der Waals surface area contributed by atoms with Gasteiger partial charge in [0.1, 0.15) is 5.82 Å². The van der Waals surface area contributed by atoms with Gasteiger partial charge in [0.25, 0.3) is 0 Å².